The van der Waals surface area contributed by atoms with Crippen LogP contribution in [0.2, 0.25) is 0 Å². The van der Waals surface area contributed by atoms with Crippen LogP contribution in [0.4, 0.5) is 0 Å². The molecule has 0 aromatic carbocycles. The van der Waals surface area contributed by atoms with Gasteiger partial charge in [-0.2, -0.15) is 0 Å². The minimum atomic E-state index is 0. The molecule has 0 aliphatic carbocycles. The van der Waals surface area contributed by atoms with Crippen molar-refractivity contribution in [3.05, 3.63) is 97.6 Å². The molecule has 7 aromatic heterocycles. The molecule has 9 heteroatoms. The maximum absolute atomic E-state index is 5.05. The monoisotopic (exact) mass is 572 g/mol. The molecule has 41 heavy (non-hydrogen) atoms. The molecule has 2 N–H and O–H groups in total. The maximum Gasteiger partial charge on any atom is 0.0981 e. The molecular formula is C32H18N8Ni. The first kappa shape index (κ1) is 23.6. The molecule has 196 valence electrons. The Labute approximate surface area is 242 Å². The van der Waals surface area contributed by atoms with Crippen LogP contribution in [-0.4, -0.2) is 39.9 Å². The van der Waals surface area contributed by atoms with E-state index in [0.717, 1.165) is 89.2 Å². The van der Waals surface area contributed by atoms with E-state index in [0.29, 0.717) is 0 Å². The number of H-pyrrole nitrogens is 2. The van der Waals surface area contributed by atoms with Crippen LogP contribution in [0.1, 0.15) is 0 Å². The predicted molar refractivity (Wildman–Crippen MR) is 156 cm³/mol. The Bertz CT molecular complexity index is 2030. The summed E-state index contributed by atoms with van der Waals surface area (Å²) in [7, 11) is 0. The fourth-order valence-corrected chi connectivity index (χ4v) is 5.74. The Morgan fingerprint density at radius 2 is 0.854 bits per heavy atom. The summed E-state index contributed by atoms with van der Waals surface area (Å²) in [4.78, 5) is 36.1. The summed E-state index contributed by atoms with van der Waals surface area (Å²) in [6, 6.07) is 24.2. The minimum absolute atomic E-state index is 0. The Morgan fingerprint density at radius 3 is 1.34 bits per heavy atom. The van der Waals surface area contributed by atoms with Crippen LogP contribution in [0.5, 0.6) is 0 Å². The van der Waals surface area contributed by atoms with Crippen LogP contribution < -0.4 is 0 Å². The quantitative estimate of drug-likeness (QED) is 0.192. The molecule has 2 aliphatic rings. The van der Waals surface area contributed by atoms with E-state index in [4.69, 9.17) is 29.9 Å². The second-order valence-corrected chi connectivity index (χ2v) is 9.84. The van der Waals surface area contributed by atoms with E-state index in [1.54, 1.807) is 12.4 Å². The summed E-state index contributed by atoms with van der Waals surface area (Å²) in [6.45, 7) is 0. The molecule has 9 heterocycles. The Morgan fingerprint density at radius 1 is 0.439 bits per heavy atom. The number of nitrogens with one attached hydrogen (secondary N) is 2. The third kappa shape index (κ3) is 3.53. The van der Waals surface area contributed by atoms with E-state index in [-0.39, 0.29) is 16.5 Å². The minimum Gasteiger partial charge on any atom is -0.353 e. The zero-order valence-corrected chi connectivity index (χ0v) is 22.2. The summed E-state index contributed by atoms with van der Waals surface area (Å²) in [5.74, 6) is 0. The number of nitrogens with zero attached hydrogens (tertiary/aromatic N) is 6. The van der Waals surface area contributed by atoms with Gasteiger partial charge in [0.15, 0.2) is 0 Å². The normalized spacial score (nSPS) is 11.7. The molecule has 0 saturated heterocycles. The summed E-state index contributed by atoms with van der Waals surface area (Å²) >= 11 is 0. The number of hydrogen-bond acceptors (Lipinski definition) is 6. The number of hydrogen-bond donors (Lipinski definition) is 2. The van der Waals surface area contributed by atoms with Crippen molar-refractivity contribution in [3.8, 4) is 45.3 Å². The van der Waals surface area contributed by atoms with Crippen molar-refractivity contribution in [1.82, 2.24) is 39.9 Å². The zero-order chi connectivity index (χ0) is 26.2. The number of fused-ring (bicyclic) bond motifs is 20. The van der Waals surface area contributed by atoms with Crippen LogP contribution in [-0.2, 0) is 16.5 Å². The number of aromatic amines is 2. The van der Waals surface area contributed by atoms with Gasteiger partial charge < -0.3 is 9.97 Å². The van der Waals surface area contributed by atoms with Crippen molar-refractivity contribution in [2.75, 3.05) is 0 Å². The van der Waals surface area contributed by atoms with Crippen molar-refractivity contribution in [1.29, 1.82) is 0 Å². The largest absolute Gasteiger partial charge is 0.353 e. The molecule has 9 rings (SSSR count). The van der Waals surface area contributed by atoms with Gasteiger partial charge in [0, 0.05) is 63.2 Å². The summed E-state index contributed by atoms with van der Waals surface area (Å²) in [5.41, 5.74) is 12.1. The van der Waals surface area contributed by atoms with Gasteiger partial charge in [0.05, 0.1) is 67.3 Å². The van der Waals surface area contributed by atoms with Crippen LogP contribution in [0.3, 0.4) is 0 Å². The van der Waals surface area contributed by atoms with Gasteiger partial charge in [-0.1, -0.05) is 0 Å². The van der Waals surface area contributed by atoms with E-state index in [1.807, 2.05) is 60.9 Å². The summed E-state index contributed by atoms with van der Waals surface area (Å²) in [5, 5.41) is 2.00. The molecule has 0 unspecified atom stereocenters. The smallest absolute Gasteiger partial charge is 0.0981 e. The van der Waals surface area contributed by atoms with Crippen molar-refractivity contribution < 1.29 is 16.5 Å². The second-order valence-electron chi connectivity index (χ2n) is 9.84. The standard InChI is InChI=1S/C32H18N8.Ni/c1-5-17-21-13-26-30-19(7-3-10-34-30)23(38-26)15-28-32-20(8-4-12-36-32)24(40-28)16-27-31-18(6-2-11-35-31)22(39-27)14-25(37-21)29(17)33-9-1;/h1-16,37,40H;. The van der Waals surface area contributed by atoms with Gasteiger partial charge in [-0.05, 0) is 72.8 Å². The van der Waals surface area contributed by atoms with E-state index in [1.165, 1.54) is 0 Å². The fraction of sp³-hybridized carbons (Fsp3) is 0. The van der Waals surface area contributed by atoms with Gasteiger partial charge in [-0.3, -0.25) is 19.9 Å². The Hall–Kier alpha value is -5.27. The van der Waals surface area contributed by atoms with Gasteiger partial charge in [0.1, 0.15) is 0 Å². The average molecular weight is 573 g/mol. The number of rotatable bonds is 0. The Balaban J connectivity index is 0.00000256. The molecule has 8 bridgehead atoms. The third-order valence-corrected chi connectivity index (χ3v) is 7.50. The molecule has 0 saturated carbocycles. The second kappa shape index (κ2) is 8.88. The van der Waals surface area contributed by atoms with E-state index in [9.17, 15) is 0 Å². The molecule has 0 amide bonds. The number of aromatic nitrogens is 8. The van der Waals surface area contributed by atoms with E-state index in [2.05, 4.69) is 34.2 Å². The topological polar surface area (TPSA) is 109 Å². The molecule has 2 aliphatic heterocycles. The molecule has 0 fully saturated rings. The fourth-order valence-electron chi connectivity index (χ4n) is 5.74. The van der Waals surface area contributed by atoms with E-state index < -0.39 is 0 Å². The molecule has 8 nitrogen and oxygen atoms in total. The molecule has 0 radical (unpaired) electrons. The first-order valence-corrected chi connectivity index (χ1v) is 13.0. The molecule has 0 atom stereocenters. The number of pyridine rings is 4. The van der Waals surface area contributed by atoms with Crippen molar-refractivity contribution in [2.45, 2.75) is 0 Å². The van der Waals surface area contributed by atoms with Crippen LogP contribution >= 0.6 is 0 Å². The SMILES string of the molecule is [Ni].c1cnc2c(c1)-c1cc3[nH]c(cc4nc(cc5[nH]c(cc-2n1)c1cccnc51)-c1cccnc1-4)c1cccnc31. The van der Waals surface area contributed by atoms with Gasteiger partial charge in [0.2, 0.25) is 0 Å². The van der Waals surface area contributed by atoms with Crippen molar-refractivity contribution >= 4 is 43.9 Å². The first-order valence-electron chi connectivity index (χ1n) is 13.0. The van der Waals surface area contributed by atoms with Gasteiger partial charge >= 0.3 is 0 Å². The van der Waals surface area contributed by atoms with Crippen molar-refractivity contribution in [2.24, 2.45) is 0 Å². The van der Waals surface area contributed by atoms with Crippen LogP contribution in [0, 0.1) is 0 Å². The average Bonchev–Trinajstić information content (AvgIpc) is 3.73. The molecular weight excluding hydrogens is 555 g/mol. The van der Waals surface area contributed by atoms with Gasteiger partial charge in [-0.25, -0.2) is 9.97 Å². The third-order valence-electron chi connectivity index (χ3n) is 7.50. The van der Waals surface area contributed by atoms with Crippen LogP contribution in [0.25, 0.3) is 89.2 Å². The van der Waals surface area contributed by atoms with Crippen molar-refractivity contribution in [3.63, 3.8) is 0 Å². The van der Waals surface area contributed by atoms with Gasteiger partial charge in [0.25, 0.3) is 0 Å². The Kier molecular flexibility index (Phi) is 5.11. The maximum atomic E-state index is 5.05. The zero-order valence-electron chi connectivity index (χ0n) is 21.2. The molecule has 0 spiro atoms. The van der Waals surface area contributed by atoms with E-state index >= 15 is 0 Å². The summed E-state index contributed by atoms with van der Waals surface area (Å²) < 4.78 is 0. The summed E-state index contributed by atoms with van der Waals surface area (Å²) in [6.07, 6.45) is 7.22. The van der Waals surface area contributed by atoms with Gasteiger partial charge in [-0.15, -0.1) is 0 Å². The predicted octanol–water partition coefficient (Wildman–Crippen LogP) is 6.87. The first-order chi connectivity index (χ1) is 19.8. The van der Waals surface area contributed by atoms with Crippen LogP contribution in [0.15, 0.2) is 97.6 Å². The molecule has 7 aromatic rings.